The first-order valence-electron chi connectivity index (χ1n) is 6.46. The molecule has 0 aliphatic heterocycles. The van der Waals surface area contributed by atoms with E-state index in [0.29, 0.717) is 17.9 Å². The van der Waals surface area contributed by atoms with Crippen molar-refractivity contribution in [1.82, 2.24) is 15.1 Å². The lowest BCUT2D eigenvalue weighted by molar-refractivity contribution is 0.0599. The molecule has 0 aliphatic rings. The fraction of sp³-hybridized carbons (Fsp3) is 0.429. The number of methoxy groups -OCH3 is 1. The number of hydrogen-bond acceptors (Lipinski definition) is 5. The van der Waals surface area contributed by atoms with Crippen molar-refractivity contribution in [3.63, 3.8) is 0 Å². The average Bonchev–Trinajstić information content (AvgIpc) is 3.00. The van der Waals surface area contributed by atoms with E-state index in [0.717, 1.165) is 18.7 Å². The number of hydrogen-bond donors (Lipinski definition) is 1. The maximum absolute atomic E-state index is 11.5. The lowest BCUT2D eigenvalue weighted by atomic mass is 10.2. The lowest BCUT2D eigenvalue weighted by Crippen LogP contribution is -2.16. The molecule has 6 nitrogen and oxygen atoms in total. The zero-order chi connectivity index (χ0) is 14.5. The molecule has 0 unspecified atom stereocenters. The second-order valence-corrected chi connectivity index (χ2v) is 4.62. The third kappa shape index (κ3) is 3.48. The van der Waals surface area contributed by atoms with Gasteiger partial charge in [0.1, 0.15) is 17.1 Å². The van der Waals surface area contributed by atoms with E-state index in [-0.39, 0.29) is 5.97 Å². The molecule has 0 saturated carbocycles. The summed E-state index contributed by atoms with van der Waals surface area (Å²) in [5, 5.41) is 7.39. The maximum atomic E-state index is 11.5. The molecule has 0 fully saturated rings. The van der Waals surface area contributed by atoms with Crippen LogP contribution in [-0.4, -0.2) is 29.4 Å². The predicted octanol–water partition coefficient (Wildman–Crippen LogP) is 1.44. The molecule has 108 valence electrons. The van der Waals surface area contributed by atoms with Gasteiger partial charge < -0.3 is 14.5 Å². The molecule has 0 aliphatic carbocycles. The Morgan fingerprint density at radius 1 is 1.55 bits per heavy atom. The van der Waals surface area contributed by atoms with Gasteiger partial charge in [0, 0.05) is 13.2 Å². The lowest BCUT2D eigenvalue weighted by Gasteiger charge is -2.00. The van der Waals surface area contributed by atoms with Gasteiger partial charge in [-0.25, -0.2) is 4.79 Å². The second-order valence-electron chi connectivity index (χ2n) is 4.62. The van der Waals surface area contributed by atoms with Crippen LogP contribution < -0.4 is 5.32 Å². The summed E-state index contributed by atoms with van der Waals surface area (Å²) in [6.45, 7) is 3.16. The van der Waals surface area contributed by atoms with Crippen LogP contribution in [0, 0.1) is 6.92 Å². The maximum Gasteiger partial charge on any atom is 0.341 e. The quantitative estimate of drug-likeness (QED) is 0.639. The summed E-state index contributed by atoms with van der Waals surface area (Å²) in [7, 11) is 3.26. The zero-order valence-electron chi connectivity index (χ0n) is 12.0. The topological polar surface area (TPSA) is 69.3 Å². The molecule has 1 N–H and O–H groups in total. The summed E-state index contributed by atoms with van der Waals surface area (Å²) in [6.07, 6.45) is 4.75. The fourth-order valence-corrected chi connectivity index (χ4v) is 1.99. The van der Waals surface area contributed by atoms with Gasteiger partial charge in [0.2, 0.25) is 0 Å². The molecule has 20 heavy (non-hydrogen) atoms. The third-order valence-electron chi connectivity index (χ3n) is 3.02. The molecule has 0 atom stereocenters. The van der Waals surface area contributed by atoms with Crippen molar-refractivity contribution >= 4 is 5.97 Å². The van der Waals surface area contributed by atoms with Crippen LogP contribution in [0.25, 0.3) is 0 Å². The van der Waals surface area contributed by atoms with Crippen molar-refractivity contribution in [2.75, 3.05) is 13.7 Å². The number of nitrogens with zero attached hydrogens (tertiary/aromatic N) is 2. The standard InChI is InChI=1S/C14H19N3O3/c1-10-13(14(18)19-3)6-12(20-10)8-15-5-4-11-7-16-17(2)9-11/h6-7,9,15H,4-5,8H2,1-3H3. The van der Waals surface area contributed by atoms with Crippen LogP contribution in [0.15, 0.2) is 22.9 Å². The molecule has 2 aromatic heterocycles. The van der Waals surface area contributed by atoms with E-state index >= 15 is 0 Å². The average molecular weight is 277 g/mol. The molecule has 0 radical (unpaired) electrons. The SMILES string of the molecule is COC(=O)c1cc(CNCCc2cnn(C)c2)oc1C. The summed E-state index contributed by atoms with van der Waals surface area (Å²) in [5.41, 5.74) is 1.67. The Hall–Kier alpha value is -2.08. The first-order chi connectivity index (χ1) is 9.60. The number of rotatable bonds is 6. The van der Waals surface area contributed by atoms with Gasteiger partial charge in [-0.15, -0.1) is 0 Å². The van der Waals surface area contributed by atoms with Crippen molar-refractivity contribution < 1.29 is 13.9 Å². The smallest absolute Gasteiger partial charge is 0.341 e. The molecule has 0 bridgehead atoms. The first-order valence-corrected chi connectivity index (χ1v) is 6.46. The van der Waals surface area contributed by atoms with E-state index in [1.165, 1.54) is 12.7 Å². The first kappa shape index (κ1) is 14.3. The molecule has 0 saturated heterocycles. The van der Waals surface area contributed by atoms with E-state index in [9.17, 15) is 4.79 Å². The molecule has 0 aromatic carbocycles. The summed E-state index contributed by atoms with van der Waals surface area (Å²) in [5.74, 6) is 0.947. The van der Waals surface area contributed by atoms with Gasteiger partial charge in [-0.1, -0.05) is 0 Å². The molecule has 2 rings (SSSR count). The Kier molecular flexibility index (Phi) is 4.57. The number of ether oxygens (including phenoxy) is 1. The Balaban J connectivity index is 1.81. The van der Waals surface area contributed by atoms with Gasteiger partial charge in [-0.2, -0.15) is 5.10 Å². The van der Waals surface area contributed by atoms with E-state index in [1.54, 1.807) is 17.7 Å². The number of esters is 1. The van der Waals surface area contributed by atoms with Crippen LogP contribution in [0.3, 0.4) is 0 Å². The predicted molar refractivity (Wildman–Crippen MR) is 73.4 cm³/mol. The minimum Gasteiger partial charge on any atom is -0.465 e. The van der Waals surface area contributed by atoms with Crippen LogP contribution in [0.5, 0.6) is 0 Å². The fourth-order valence-electron chi connectivity index (χ4n) is 1.99. The van der Waals surface area contributed by atoms with Crippen LogP contribution >= 0.6 is 0 Å². The number of carbonyl (C=O) groups is 1. The Labute approximate surface area is 117 Å². The zero-order valence-corrected chi connectivity index (χ0v) is 12.0. The van der Waals surface area contributed by atoms with Gasteiger partial charge in [0.15, 0.2) is 0 Å². The number of aryl methyl sites for hydroxylation is 2. The molecule has 2 heterocycles. The van der Waals surface area contributed by atoms with Gasteiger partial charge in [0.05, 0.1) is 19.9 Å². The van der Waals surface area contributed by atoms with Crippen LogP contribution in [0.4, 0.5) is 0 Å². The number of nitrogens with one attached hydrogen (secondary N) is 1. The second kappa shape index (κ2) is 6.38. The van der Waals surface area contributed by atoms with Gasteiger partial charge in [-0.3, -0.25) is 4.68 Å². The molecular formula is C14H19N3O3. The largest absolute Gasteiger partial charge is 0.465 e. The van der Waals surface area contributed by atoms with Crippen molar-refractivity contribution in [3.05, 3.63) is 41.1 Å². The Bertz CT molecular complexity index is 586. The molecular weight excluding hydrogens is 258 g/mol. The van der Waals surface area contributed by atoms with E-state index in [2.05, 4.69) is 15.2 Å². The van der Waals surface area contributed by atoms with Gasteiger partial charge in [-0.05, 0) is 31.5 Å². The highest BCUT2D eigenvalue weighted by atomic mass is 16.5. The van der Waals surface area contributed by atoms with Crippen LogP contribution in [-0.2, 0) is 24.8 Å². The summed E-state index contributed by atoms with van der Waals surface area (Å²) >= 11 is 0. The molecule has 6 heteroatoms. The number of carbonyl (C=O) groups excluding carboxylic acids is 1. The van der Waals surface area contributed by atoms with E-state index < -0.39 is 0 Å². The summed E-state index contributed by atoms with van der Waals surface area (Å²) in [6, 6.07) is 1.72. The summed E-state index contributed by atoms with van der Waals surface area (Å²) < 4.78 is 12.0. The summed E-state index contributed by atoms with van der Waals surface area (Å²) in [4.78, 5) is 11.5. The van der Waals surface area contributed by atoms with Crippen molar-refractivity contribution in [3.8, 4) is 0 Å². The minimum atomic E-state index is -0.368. The minimum absolute atomic E-state index is 0.368. The van der Waals surface area contributed by atoms with Crippen molar-refractivity contribution in [1.29, 1.82) is 0 Å². The normalized spacial score (nSPS) is 10.8. The molecule has 0 spiro atoms. The van der Waals surface area contributed by atoms with Crippen LogP contribution in [0.2, 0.25) is 0 Å². The highest BCUT2D eigenvalue weighted by Crippen LogP contribution is 2.15. The van der Waals surface area contributed by atoms with Crippen molar-refractivity contribution in [2.24, 2.45) is 7.05 Å². The Morgan fingerprint density at radius 2 is 2.35 bits per heavy atom. The third-order valence-corrected chi connectivity index (χ3v) is 3.02. The highest BCUT2D eigenvalue weighted by Gasteiger charge is 2.14. The van der Waals surface area contributed by atoms with Crippen molar-refractivity contribution in [2.45, 2.75) is 19.9 Å². The number of furan rings is 1. The monoisotopic (exact) mass is 277 g/mol. The molecule has 2 aromatic rings. The van der Waals surface area contributed by atoms with Gasteiger partial charge >= 0.3 is 5.97 Å². The van der Waals surface area contributed by atoms with Gasteiger partial charge in [0.25, 0.3) is 0 Å². The van der Waals surface area contributed by atoms with E-state index in [1.807, 2.05) is 19.4 Å². The van der Waals surface area contributed by atoms with E-state index in [4.69, 9.17) is 4.42 Å². The Morgan fingerprint density at radius 3 is 3.00 bits per heavy atom. The molecule has 0 amide bonds. The van der Waals surface area contributed by atoms with Crippen LogP contribution in [0.1, 0.15) is 27.4 Å². The highest BCUT2D eigenvalue weighted by molar-refractivity contribution is 5.90. The number of aromatic nitrogens is 2.